The predicted octanol–water partition coefficient (Wildman–Crippen LogP) is 4.94. The maximum absolute atomic E-state index is 12.7. The molecule has 2 aromatic rings. The van der Waals surface area contributed by atoms with Crippen LogP contribution in [-0.2, 0) is 6.54 Å². The third-order valence-corrected chi connectivity index (χ3v) is 5.37. The Kier molecular flexibility index (Phi) is 7.18. The smallest absolute Gasteiger partial charge is 0.185 e. The molecule has 0 aliphatic carbocycles. The summed E-state index contributed by atoms with van der Waals surface area (Å²) in [5, 5.41) is 10.6. The van der Waals surface area contributed by atoms with Crippen LogP contribution < -0.4 is 9.47 Å². The second-order valence-corrected chi connectivity index (χ2v) is 7.52. The van der Waals surface area contributed by atoms with Crippen molar-refractivity contribution < 1.29 is 19.4 Å². The Hall–Kier alpha value is -2.50. The number of halogens is 1. The van der Waals surface area contributed by atoms with Gasteiger partial charge in [-0.05, 0) is 67.9 Å². The lowest BCUT2D eigenvalue weighted by Crippen LogP contribution is -2.29. The molecule has 1 aliphatic rings. The zero-order chi connectivity index (χ0) is 20.8. The van der Waals surface area contributed by atoms with Crippen molar-refractivity contribution in [3.63, 3.8) is 0 Å². The number of carbonyl (C=O) groups excluding carboxylic acids is 1. The van der Waals surface area contributed by atoms with Gasteiger partial charge in [0.05, 0.1) is 19.2 Å². The normalized spacial score (nSPS) is 14.9. The minimum Gasteiger partial charge on any atom is -0.508 e. The molecule has 29 heavy (non-hydrogen) atoms. The number of allylic oxidation sites excluding steroid dienone is 1. The lowest BCUT2D eigenvalue weighted by molar-refractivity contribution is 0.104. The molecule has 1 N–H and O–H groups in total. The number of carbonyl (C=O) groups is 1. The lowest BCUT2D eigenvalue weighted by atomic mass is 10.0. The Labute approximate surface area is 176 Å². The highest BCUT2D eigenvalue weighted by Crippen LogP contribution is 2.36. The van der Waals surface area contributed by atoms with Gasteiger partial charge in [0.2, 0.25) is 0 Å². The summed E-state index contributed by atoms with van der Waals surface area (Å²) >= 11 is 6.22. The molecule has 0 aromatic heterocycles. The van der Waals surface area contributed by atoms with Gasteiger partial charge in [-0.1, -0.05) is 24.1 Å². The number of phenolic OH excluding ortho intramolecular Hbond substituents is 1. The molecular formula is C23H26ClNO4. The van der Waals surface area contributed by atoms with E-state index in [9.17, 15) is 9.90 Å². The summed E-state index contributed by atoms with van der Waals surface area (Å²) < 4.78 is 10.5. The van der Waals surface area contributed by atoms with Crippen LogP contribution in [0.5, 0.6) is 17.2 Å². The van der Waals surface area contributed by atoms with E-state index >= 15 is 0 Å². The van der Waals surface area contributed by atoms with E-state index in [0.717, 1.165) is 24.2 Å². The summed E-state index contributed by atoms with van der Waals surface area (Å²) in [7, 11) is 3.06. The number of hydrogen-bond acceptors (Lipinski definition) is 5. The summed E-state index contributed by atoms with van der Waals surface area (Å²) in [6.45, 7) is 2.71. The van der Waals surface area contributed by atoms with Crippen molar-refractivity contribution in [2.45, 2.75) is 25.8 Å². The monoisotopic (exact) mass is 415 g/mol. The third-order valence-electron chi connectivity index (χ3n) is 5.09. The van der Waals surface area contributed by atoms with E-state index in [0.29, 0.717) is 28.6 Å². The van der Waals surface area contributed by atoms with Gasteiger partial charge in [0.1, 0.15) is 5.75 Å². The van der Waals surface area contributed by atoms with Gasteiger partial charge in [0.25, 0.3) is 0 Å². The number of piperidine rings is 1. The van der Waals surface area contributed by atoms with Crippen LogP contribution in [0.3, 0.4) is 0 Å². The molecule has 2 aromatic carbocycles. The fourth-order valence-corrected chi connectivity index (χ4v) is 3.82. The number of ketones is 1. The SMILES string of the molecule is COc1cc(/C=C/C(=O)c2ccc(O)c(CN3CCCCC3)c2)cc(Cl)c1OC. The van der Waals surface area contributed by atoms with Crippen molar-refractivity contribution in [1.29, 1.82) is 0 Å². The Morgan fingerprint density at radius 2 is 1.90 bits per heavy atom. The summed E-state index contributed by atoms with van der Waals surface area (Å²) in [6.07, 6.45) is 6.79. The summed E-state index contributed by atoms with van der Waals surface area (Å²) in [5.74, 6) is 1.04. The van der Waals surface area contributed by atoms with Crippen molar-refractivity contribution in [1.82, 2.24) is 4.90 Å². The van der Waals surface area contributed by atoms with Crippen molar-refractivity contribution in [3.05, 3.63) is 58.1 Å². The first-order valence-electron chi connectivity index (χ1n) is 9.70. The standard InChI is InChI=1S/C23H26ClNO4/c1-28-22-13-16(12-19(24)23(22)29-2)6-8-20(26)17-7-9-21(27)18(14-17)15-25-10-4-3-5-11-25/h6-9,12-14,27H,3-5,10-11,15H2,1-2H3/b8-6+. The molecule has 1 aliphatic heterocycles. The van der Waals surface area contributed by atoms with Gasteiger partial charge in [-0.25, -0.2) is 0 Å². The topological polar surface area (TPSA) is 59.0 Å². The minimum absolute atomic E-state index is 0.143. The van der Waals surface area contributed by atoms with Crippen molar-refractivity contribution in [2.75, 3.05) is 27.3 Å². The van der Waals surface area contributed by atoms with Gasteiger partial charge in [-0.2, -0.15) is 0 Å². The number of likely N-dealkylation sites (tertiary alicyclic amines) is 1. The first-order chi connectivity index (χ1) is 14.0. The zero-order valence-electron chi connectivity index (χ0n) is 16.8. The molecule has 1 fully saturated rings. The molecule has 0 spiro atoms. The summed E-state index contributed by atoms with van der Waals surface area (Å²) in [6, 6.07) is 8.48. The van der Waals surface area contributed by atoms with Crippen molar-refractivity contribution in [3.8, 4) is 17.2 Å². The van der Waals surface area contributed by atoms with E-state index in [2.05, 4.69) is 4.90 Å². The summed E-state index contributed by atoms with van der Waals surface area (Å²) in [4.78, 5) is 15.0. The highest BCUT2D eigenvalue weighted by molar-refractivity contribution is 6.32. The second kappa shape index (κ2) is 9.81. The number of hydrogen-bond donors (Lipinski definition) is 1. The van der Waals surface area contributed by atoms with Crippen LogP contribution in [0, 0.1) is 0 Å². The van der Waals surface area contributed by atoms with Gasteiger partial charge >= 0.3 is 0 Å². The second-order valence-electron chi connectivity index (χ2n) is 7.12. The van der Waals surface area contributed by atoms with E-state index in [1.54, 1.807) is 36.4 Å². The molecule has 1 saturated heterocycles. The molecule has 5 nitrogen and oxygen atoms in total. The number of aromatic hydroxyl groups is 1. The third kappa shape index (κ3) is 5.31. The average Bonchev–Trinajstić information content (AvgIpc) is 2.73. The molecule has 0 atom stereocenters. The largest absolute Gasteiger partial charge is 0.508 e. The number of rotatable bonds is 7. The quantitative estimate of drug-likeness (QED) is 0.512. The van der Waals surface area contributed by atoms with Crippen LogP contribution in [0.1, 0.15) is 40.7 Å². The van der Waals surface area contributed by atoms with Crippen LogP contribution in [0.25, 0.3) is 6.08 Å². The maximum Gasteiger partial charge on any atom is 0.185 e. The van der Waals surface area contributed by atoms with Crippen LogP contribution in [0.2, 0.25) is 5.02 Å². The molecule has 6 heteroatoms. The number of phenols is 1. The number of benzene rings is 2. The fourth-order valence-electron chi connectivity index (χ4n) is 3.53. The molecular weight excluding hydrogens is 390 g/mol. The van der Waals surface area contributed by atoms with Gasteiger partial charge in [-0.15, -0.1) is 0 Å². The molecule has 0 amide bonds. The molecule has 0 saturated carbocycles. The fraction of sp³-hybridized carbons (Fsp3) is 0.348. The van der Waals surface area contributed by atoms with Crippen LogP contribution >= 0.6 is 11.6 Å². The molecule has 3 rings (SSSR count). The lowest BCUT2D eigenvalue weighted by Gasteiger charge is -2.26. The molecule has 0 unspecified atom stereocenters. The molecule has 154 valence electrons. The van der Waals surface area contributed by atoms with E-state index in [1.807, 2.05) is 0 Å². The van der Waals surface area contributed by atoms with E-state index in [-0.39, 0.29) is 11.5 Å². The van der Waals surface area contributed by atoms with Gasteiger partial charge in [-0.3, -0.25) is 9.69 Å². The van der Waals surface area contributed by atoms with E-state index in [4.69, 9.17) is 21.1 Å². The number of nitrogens with zero attached hydrogens (tertiary/aromatic N) is 1. The van der Waals surface area contributed by atoms with Crippen LogP contribution in [0.4, 0.5) is 0 Å². The minimum atomic E-state index is -0.143. The Morgan fingerprint density at radius 3 is 2.59 bits per heavy atom. The van der Waals surface area contributed by atoms with Gasteiger partial charge in [0.15, 0.2) is 17.3 Å². The molecule has 0 radical (unpaired) electrons. The molecule has 0 bridgehead atoms. The number of methoxy groups -OCH3 is 2. The van der Waals surface area contributed by atoms with Crippen molar-refractivity contribution >= 4 is 23.5 Å². The van der Waals surface area contributed by atoms with Crippen LogP contribution in [-0.4, -0.2) is 43.1 Å². The summed E-state index contributed by atoms with van der Waals surface area (Å²) in [5.41, 5.74) is 2.05. The van der Waals surface area contributed by atoms with Gasteiger partial charge < -0.3 is 14.6 Å². The Morgan fingerprint density at radius 1 is 1.14 bits per heavy atom. The first kappa shape index (κ1) is 21.2. The Bertz CT molecular complexity index is 904. The van der Waals surface area contributed by atoms with E-state index < -0.39 is 0 Å². The average molecular weight is 416 g/mol. The molecule has 1 heterocycles. The first-order valence-corrected chi connectivity index (χ1v) is 10.1. The van der Waals surface area contributed by atoms with Crippen molar-refractivity contribution in [2.24, 2.45) is 0 Å². The van der Waals surface area contributed by atoms with Crippen LogP contribution in [0.15, 0.2) is 36.4 Å². The predicted molar refractivity (Wildman–Crippen MR) is 115 cm³/mol. The van der Waals surface area contributed by atoms with E-state index in [1.165, 1.54) is 39.6 Å². The maximum atomic E-state index is 12.7. The highest BCUT2D eigenvalue weighted by atomic mass is 35.5. The highest BCUT2D eigenvalue weighted by Gasteiger charge is 2.14. The van der Waals surface area contributed by atoms with Gasteiger partial charge in [0, 0.05) is 17.7 Å². The zero-order valence-corrected chi connectivity index (χ0v) is 17.5. The Balaban J connectivity index is 1.76. The number of ether oxygens (including phenoxy) is 2.